The van der Waals surface area contributed by atoms with Crippen molar-refractivity contribution in [3.8, 4) is 22.5 Å². The molecule has 0 spiro atoms. The van der Waals surface area contributed by atoms with Crippen LogP contribution in [0.3, 0.4) is 0 Å². The van der Waals surface area contributed by atoms with Gasteiger partial charge in [-0.2, -0.15) is 5.10 Å². The molecule has 3 rings (SSSR count). The number of hydrogen-bond acceptors (Lipinski definition) is 1. The van der Waals surface area contributed by atoms with Crippen molar-refractivity contribution in [2.24, 2.45) is 7.05 Å². The second kappa shape index (κ2) is 5.21. The molecule has 0 bridgehead atoms. The fraction of sp³-hybridized carbons (Fsp3) is 0.211. The van der Waals surface area contributed by atoms with E-state index in [1.165, 1.54) is 33.5 Å². The summed E-state index contributed by atoms with van der Waals surface area (Å²) in [4.78, 5) is 0. The molecular formula is C19H20N2. The molecule has 0 saturated carbocycles. The highest BCUT2D eigenvalue weighted by Gasteiger charge is 2.15. The van der Waals surface area contributed by atoms with Crippen molar-refractivity contribution >= 4 is 0 Å². The lowest BCUT2D eigenvalue weighted by molar-refractivity contribution is 0.779. The summed E-state index contributed by atoms with van der Waals surface area (Å²) < 4.78 is 1.98. The third-order valence-corrected chi connectivity index (χ3v) is 3.93. The summed E-state index contributed by atoms with van der Waals surface area (Å²) >= 11 is 0. The molecule has 106 valence electrons. The van der Waals surface area contributed by atoms with Crippen LogP contribution in [0.1, 0.15) is 16.7 Å². The van der Waals surface area contributed by atoms with E-state index in [2.05, 4.69) is 69.3 Å². The predicted octanol–water partition coefficient (Wildman–Crippen LogP) is 4.68. The molecule has 0 saturated heterocycles. The summed E-state index contributed by atoms with van der Waals surface area (Å²) in [5, 5.41) is 4.73. The van der Waals surface area contributed by atoms with Crippen LogP contribution < -0.4 is 0 Å². The minimum absolute atomic E-state index is 1.06. The van der Waals surface area contributed by atoms with Gasteiger partial charge in [-0.25, -0.2) is 0 Å². The lowest BCUT2D eigenvalue weighted by Crippen LogP contribution is -1.94. The van der Waals surface area contributed by atoms with E-state index in [1.54, 1.807) is 0 Å². The number of benzene rings is 2. The summed E-state index contributed by atoms with van der Waals surface area (Å²) in [7, 11) is 2.01. The molecule has 0 unspecified atom stereocenters. The largest absolute Gasteiger partial charge is 0.267 e. The van der Waals surface area contributed by atoms with Gasteiger partial charge in [0.05, 0.1) is 11.4 Å². The molecule has 2 aromatic carbocycles. The van der Waals surface area contributed by atoms with E-state index in [0.29, 0.717) is 0 Å². The smallest absolute Gasteiger partial charge is 0.0958 e. The molecule has 0 aliphatic heterocycles. The lowest BCUT2D eigenvalue weighted by atomic mass is 10.0. The normalized spacial score (nSPS) is 10.9. The Hall–Kier alpha value is -2.35. The quantitative estimate of drug-likeness (QED) is 0.664. The summed E-state index contributed by atoms with van der Waals surface area (Å²) in [6.07, 6.45) is 0. The van der Waals surface area contributed by atoms with E-state index in [-0.39, 0.29) is 0 Å². The summed E-state index contributed by atoms with van der Waals surface area (Å²) in [6, 6.07) is 17.2. The first-order valence-corrected chi connectivity index (χ1v) is 7.24. The van der Waals surface area contributed by atoms with Crippen molar-refractivity contribution in [3.63, 3.8) is 0 Å². The molecule has 3 aromatic rings. The van der Waals surface area contributed by atoms with Gasteiger partial charge in [0.15, 0.2) is 0 Å². The van der Waals surface area contributed by atoms with Crippen LogP contribution in [0.2, 0.25) is 0 Å². The third kappa shape index (κ3) is 2.49. The summed E-state index contributed by atoms with van der Waals surface area (Å²) in [6.45, 7) is 6.36. The Morgan fingerprint density at radius 1 is 0.714 bits per heavy atom. The zero-order chi connectivity index (χ0) is 15.0. The van der Waals surface area contributed by atoms with Crippen molar-refractivity contribution in [3.05, 3.63) is 65.2 Å². The minimum Gasteiger partial charge on any atom is -0.267 e. The van der Waals surface area contributed by atoms with Crippen LogP contribution in [0, 0.1) is 20.8 Å². The number of hydrogen-bond donors (Lipinski definition) is 0. The van der Waals surface area contributed by atoms with Gasteiger partial charge in [-0.15, -0.1) is 0 Å². The number of aromatic nitrogens is 2. The lowest BCUT2D eigenvalue weighted by Gasteiger charge is -2.04. The average molecular weight is 276 g/mol. The van der Waals surface area contributed by atoms with Gasteiger partial charge in [-0.3, -0.25) is 4.68 Å². The molecular weight excluding hydrogens is 256 g/mol. The molecule has 1 heterocycles. The molecule has 0 aliphatic rings. The fourth-order valence-electron chi connectivity index (χ4n) is 2.73. The highest BCUT2D eigenvalue weighted by atomic mass is 15.3. The van der Waals surface area contributed by atoms with Gasteiger partial charge in [0.1, 0.15) is 0 Å². The maximum Gasteiger partial charge on any atom is 0.0958 e. The standard InChI is InChI=1S/C19H20N2/c1-13-5-9-16(10-6-13)18-15(3)19(21(4)20-18)17-11-7-14(2)8-12-17/h5-12H,1-4H3. The highest BCUT2D eigenvalue weighted by molar-refractivity contribution is 5.74. The fourth-order valence-corrected chi connectivity index (χ4v) is 2.73. The van der Waals surface area contributed by atoms with Crippen LogP contribution in [0.15, 0.2) is 48.5 Å². The second-order valence-corrected chi connectivity index (χ2v) is 5.68. The molecule has 0 radical (unpaired) electrons. The van der Waals surface area contributed by atoms with Crippen molar-refractivity contribution in [1.29, 1.82) is 0 Å². The molecule has 0 amide bonds. The monoisotopic (exact) mass is 276 g/mol. The van der Waals surface area contributed by atoms with Crippen molar-refractivity contribution in [2.75, 3.05) is 0 Å². The maximum absolute atomic E-state index is 4.73. The summed E-state index contributed by atoms with van der Waals surface area (Å²) in [5.41, 5.74) is 8.41. The predicted molar refractivity (Wildman–Crippen MR) is 88.3 cm³/mol. The molecule has 0 aliphatic carbocycles. The Bertz CT molecular complexity index is 763. The molecule has 0 fully saturated rings. The van der Waals surface area contributed by atoms with Crippen LogP contribution in [0.25, 0.3) is 22.5 Å². The number of aryl methyl sites for hydroxylation is 3. The Labute approximate surface area is 126 Å². The molecule has 0 N–H and O–H groups in total. The average Bonchev–Trinajstić information content (AvgIpc) is 2.76. The van der Waals surface area contributed by atoms with Crippen molar-refractivity contribution in [1.82, 2.24) is 9.78 Å². The highest BCUT2D eigenvalue weighted by Crippen LogP contribution is 2.31. The topological polar surface area (TPSA) is 17.8 Å². The second-order valence-electron chi connectivity index (χ2n) is 5.68. The van der Waals surface area contributed by atoms with Gasteiger partial charge < -0.3 is 0 Å². The molecule has 0 atom stereocenters. The van der Waals surface area contributed by atoms with Crippen molar-refractivity contribution in [2.45, 2.75) is 20.8 Å². The van der Waals surface area contributed by atoms with E-state index >= 15 is 0 Å². The van der Waals surface area contributed by atoms with Crippen LogP contribution >= 0.6 is 0 Å². The first-order valence-electron chi connectivity index (χ1n) is 7.24. The van der Waals surface area contributed by atoms with Crippen molar-refractivity contribution < 1.29 is 0 Å². The first-order chi connectivity index (χ1) is 10.1. The van der Waals surface area contributed by atoms with E-state index in [0.717, 1.165) is 5.69 Å². The maximum atomic E-state index is 4.73. The van der Waals surface area contributed by atoms with E-state index in [1.807, 2.05) is 11.7 Å². The van der Waals surface area contributed by atoms with Crippen LogP contribution in [0.4, 0.5) is 0 Å². The zero-order valence-electron chi connectivity index (χ0n) is 13.0. The molecule has 2 nitrogen and oxygen atoms in total. The Kier molecular flexibility index (Phi) is 3.38. The molecule has 21 heavy (non-hydrogen) atoms. The number of rotatable bonds is 2. The van der Waals surface area contributed by atoms with Gasteiger partial charge in [0, 0.05) is 23.7 Å². The van der Waals surface area contributed by atoms with Gasteiger partial charge in [0.2, 0.25) is 0 Å². The Morgan fingerprint density at radius 3 is 1.71 bits per heavy atom. The van der Waals surface area contributed by atoms with Gasteiger partial charge in [-0.05, 0) is 20.8 Å². The van der Waals surface area contributed by atoms with Gasteiger partial charge in [-0.1, -0.05) is 59.7 Å². The van der Waals surface area contributed by atoms with Crippen LogP contribution in [-0.4, -0.2) is 9.78 Å². The van der Waals surface area contributed by atoms with Gasteiger partial charge >= 0.3 is 0 Å². The minimum atomic E-state index is 1.06. The van der Waals surface area contributed by atoms with E-state index in [4.69, 9.17) is 5.10 Å². The Balaban J connectivity index is 2.12. The van der Waals surface area contributed by atoms with E-state index < -0.39 is 0 Å². The van der Waals surface area contributed by atoms with Crippen LogP contribution in [0.5, 0.6) is 0 Å². The third-order valence-electron chi connectivity index (χ3n) is 3.93. The zero-order valence-corrected chi connectivity index (χ0v) is 13.0. The number of nitrogens with zero attached hydrogens (tertiary/aromatic N) is 2. The first kappa shape index (κ1) is 13.6. The SMILES string of the molecule is Cc1ccc(-c2nn(C)c(-c3ccc(C)cc3)c2C)cc1. The van der Waals surface area contributed by atoms with Gasteiger partial charge in [0.25, 0.3) is 0 Å². The van der Waals surface area contributed by atoms with Crippen LogP contribution in [-0.2, 0) is 7.05 Å². The molecule has 2 heteroatoms. The van der Waals surface area contributed by atoms with E-state index in [9.17, 15) is 0 Å². The Morgan fingerprint density at radius 2 is 1.19 bits per heavy atom. The molecule has 1 aromatic heterocycles. The summed E-state index contributed by atoms with van der Waals surface area (Å²) in [5.74, 6) is 0.